The molecule has 1 aliphatic rings. The van der Waals surface area contributed by atoms with Crippen molar-refractivity contribution >= 4 is 11.4 Å². The molecule has 6 heteroatoms. The fourth-order valence-electron chi connectivity index (χ4n) is 2.18. The number of nitro groups is 1. The maximum Gasteiger partial charge on any atom is 0.333 e. The highest BCUT2D eigenvalue weighted by Gasteiger charge is 2.29. The molecule has 0 aliphatic heterocycles. The predicted molar refractivity (Wildman–Crippen MR) is 73.5 cm³/mol. The van der Waals surface area contributed by atoms with Crippen LogP contribution < -0.4 is 15.8 Å². The lowest BCUT2D eigenvalue weighted by Gasteiger charge is -2.33. The molecule has 0 saturated heterocycles. The second kappa shape index (κ2) is 5.44. The first-order valence-electron chi connectivity index (χ1n) is 6.43. The summed E-state index contributed by atoms with van der Waals surface area (Å²) < 4.78 is 5.50. The van der Waals surface area contributed by atoms with Crippen LogP contribution in [0.1, 0.15) is 26.7 Å². The maximum absolute atomic E-state index is 11.2. The zero-order chi connectivity index (χ0) is 14.0. The van der Waals surface area contributed by atoms with Crippen LogP contribution in [0.15, 0.2) is 18.2 Å². The van der Waals surface area contributed by atoms with Gasteiger partial charge in [0.05, 0.1) is 11.0 Å². The van der Waals surface area contributed by atoms with Gasteiger partial charge >= 0.3 is 5.69 Å². The maximum atomic E-state index is 11.2. The molecule has 0 bridgehead atoms. The molecule has 19 heavy (non-hydrogen) atoms. The van der Waals surface area contributed by atoms with Gasteiger partial charge in [-0.15, -0.1) is 0 Å². The molecule has 0 amide bonds. The number of para-hydroxylation sites is 1. The molecule has 104 valence electrons. The van der Waals surface area contributed by atoms with E-state index in [-0.39, 0.29) is 23.9 Å². The Morgan fingerprint density at radius 3 is 2.68 bits per heavy atom. The Morgan fingerprint density at radius 1 is 1.47 bits per heavy atom. The van der Waals surface area contributed by atoms with Gasteiger partial charge < -0.3 is 15.8 Å². The second-order valence-corrected chi connectivity index (χ2v) is 5.15. The fraction of sp³-hybridized carbons (Fsp3) is 0.538. The Balaban J connectivity index is 2.23. The summed E-state index contributed by atoms with van der Waals surface area (Å²) in [7, 11) is 0. The molecule has 0 atom stereocenters. The zero-order valence-corrected chi connectivity index (χ0v) is 11.1. The van der Waals surface area contributed by atoms with Gasteiger partial charge in [-0.05, 0) is 38.8 Å². The molecule has 1 fully saturated rings. The number of nitrogens with two attached hydrogens (primary N) is 1. The van der Waals surface area contributed by atoms with Crippen molar-refractivity contribution in [2.24, 2.45) is 5.73 Å². The largest absolute Gasteiger partial charge is 0.484 e. The van der Waals surface area contributed by atoms with Gasteiger partial charge in [0.25, 0.3) is 0 Å². The molecule has 0 aromatic heterocycles. The van der Waals surface area contributed by atoms with Gasteiger partial charge in [-0.25, -0.2) is 0 Å². The molecular weight excluding hydrogens is 246 g/mol. The van der Waals surface area contributed by atoms with E-state index >= 15 is 0 Å². The molecule has 3 N–H and O–H groups in total. The van der Waals surface area contributed by atoms with Crippen LogP contribution >= 0.6 is 0 Å². The number of ether oxygens (including phenoxy) is 1. The number of benzene rings is 1. The number of anilines is 1. The van der Waals surface area contributed by atoms with E-state index in [0.717, 1.165) is 12.8 Å². The third-order valence-electron chi connectivity index (χ3n) is 3.08. The quantitative estimate of drug-likeness (QED) is 0.629. The number of hydrogen-bond donors (Lipinski definition) is 2. The monoisotopic (exact) mass is 265 g/mol. The van der Waals surface area contributed by atoms with Gasteiger partial charge in [0.2, 0.25) is 0 Å². The minimum atomic E-state index is -0.404. The second-order valence-electron chi connectivity index (χ2n) is 5.15. The highest BCUT2D eigenvalue weighted by Crippen LogP contribution is 2.37. The molecule has 1 aromatic carbocycles. The molecule has 1 aromatic rings. The fourth-order valence-corrected chi connectivity index (χ4v) is 2.18. The van der Waals surface area contributed by atoms with Crippen molar-refractivity contribution in [3.8, 4) is 5.75 Å². The number of nitrogens with one attached hydrogen (secondary N) is 1. The van der Waals surface area contributed by atoms with E-state index in [1.807, 2.05) is 13.8 Å². The van der Waals surface area contributed by atoms with E-state index in [0.29, 0.717) is 11.4 Å². The predicted octanol–water partition coefficient (Wildman–Crippen LogP) is 2.28. The lowest BCUT2D eigenvalue weighted by Crippen LogP contribution is -2.44. The van der Waals surface area contributed by atoms with Crippen molar-refractivity contribution in [3.05, 3.63) is 28.3 Å². The van der Waals surface area contributed by atoms with Crippen molar-refractivity contribution in [2.75, 3.05) is 5.32 Å². The Hall–Kier alpha value is -1.82. The van der Waals surface area contributed by atoms with Gasteiger partial charge in [0.15, 0.2) is 5.75 Å². The van der Waals surface area contributed by atoms with Crippen LogP contribution in [0, 0.1) is 10.1 Å². The van der Waals surface area contributed by atoms with Crippen molar-refractivity contribution < 1.29 is 9.66 Å². The average molecular weight is 265 g/mol. The first-order chi connectivity index (χ1) is 8.97. The van der Waals surface area contributed by atoms with E-state index in [9.17, 15) is 10.1 Å². The number of nitrogens with zero attached hydrogens (tertiary/aromatic N) is 1. The van der Waals surface area contributed by atoms with Gasteiger partial charge in [-0.2, -0.15) is 0 Å². The lowest BCUT2D eigenvalue weighted by atomic mass is 9.87. The summed E-state index contributed by atoms with van der Waals surface area (Å²) in [4.78, 5) is 10.8. The van der Waals surface area contributed by atoms with Crippen molar-refractivity contribution in [1.29, 1.82) is 0 Å². The van der Waals surface area contributed by atoms with Crippen molar-refractivity contribution in [2.45, 2.75) is 44.9 Å². The number of nitro benzene ring substituents is 1. The van der Waals surface area contributed by atoms with Gasteiger partial charge in [0.1, 0.15) is 5.69 Å². The van der Waals surface area contributed by atoms with E-state index < -0.39 is 4.92 Å². The highest BCUT2D eigenvalue weighted by molar-refractivity contribution is 5.69. The van der Waals surface area contributed by atoms with Crippen molar-refractivity contribution in [3.63, 3.8) is 0 Å². The normalized spacial score (nSPS) is 21.9. The van der Waals surface area contributed by atoms with Gasteiger partial charge in [-0.3, -0.25) is 10.1 Å². The SMILES string of the molecule is CC(C)Oc1cccc(NC2CC(N)C2)c1[N+](=O)[O-]. The summed E-state index contributed by atoms with van der Waals surface area (Å²) in [5.41, 5.74) is 6.21. The number of hydrogen-bond acceptors (Lipinski definition) is 5. The van der Waals surface area contributed by atoms with Crippen LogP contribution in [0.3, 0.4) is 0 Å². The van der Waals surface area contributed by atoms with Crippen molar-refractivity contribution in [1.82, 2.24) is 0 Å². The minimum absolute atomic E-state index is 0.00308. The standard InChI is InChI=1S/C13H19N3O3/c1-8(2)19-12-5-3-4-11(13(12)16(17)18)15-10-6-9(14)7-10/h3-5,8-10,15H,6-7,14H2,1-2H3. The summed E-state index contributed by atoms with van der Waals surface area (Å²) in [6, 6.07) is 5.49. The third kappa shape index (κ3) is 3.14. The van der Waals surface area contributed by atoms with Gasteiger partial charge in [-0.1, -0.05) is 6.07 Å². The van der Waals surface area contributed by atoms with Crippen LogP contribution in [0.2, 0.25) is 0 Å². The Bertz CT molecular complexity index is 470. The molecular formula is C13H19N3O3. The van der Waals surface area contributed by atoms with E-state index in [4.69, 9.17) is 10.5 Å². The molecule has 0 unspecified atom stereocenters. The molecule has 0 spiro atoms. The van der Waals surface area contributed by atoms with E-state index in [2.05, 4.69) is 5.32 Å². The third-order valence-corrected chi connectivity index (χ3v) is 3.08. The summed E-state index contributed by atoms with van der Waals surface area (Å²) in [5.74, 6) is 0.300. The molecule has 1 aliphatic carbocycles. The minimum Gasteiger partial charge on any atom is -0.484 e. The molecule has 2 rings (SSSR count). The van der Waals surface area contributed by atoms with E-state index in [1.165, 1.54) is 0 Å². The summed E-state index contributed by atoms with van der Waals surface area (Å²) in [6.45, 7) is 3.68. The Kier molecular flexibility index (Phi) is 3.90. The Labute approximate surface area is 112 Å². The van der Waals surface area contributed by atoms with Crippen LogP contribution in [-0.4, -0.2) is 23.1 Å². The topological polar surface area (TPSA) is 90.4 Å². The first-order valence-corrected chi connectivity index (χ1v) is 6.43. The number of rotatable bonds is 5. The molecule has 0 heterocycles. The summed E-state index contributed by atoms with van der Waals surface area (Å²) in [5, 5.41) is 14.4. The lowest BCUT2D eigenvalue weighted by molar-refractivity contribution is -0.385. The van der Waals surface area contributed by atoms with E-state index in [1.54, 1.807) is 18.2 Å². The molecule has 6 nitrogen and oxygen atoms in total. The highest BCUT2D eigenvalue weighted by atomic mass is 16.6. The average Bonchev–Trinajstić information content (AvgIpc) is 2.25. The summed E-state index contributed by atoms with van der Waals surface area (Å²) >= 11 is 0. The van der Waals surface area contributed by atoms with Crippen LogP contribution in [0.4, 0.5) is 11.4 Å². The van der Waals surface area contributed by atoms with Gasteiger partial charge in [0, 0.05) is 12.1 Å². The summed E-state index contributed by atoms with van der Waals surface area (Å²) in [6.07, 6.45) is 1.57. The first kappa shape index (κ1) is 13.6. The van der Waals surface area contributed by atoms with Crippen LogP contribution in [0.5, 0.6) is 5.75 Å². The molecule has 0 radical (unpaired) electrons. The van der Waals surface area contributed by atoms with Crippen LogP contribution in [-0.2, 0) is 0 Å². The Morgan fingerprint density at radius 2 is 2.16 bits per heavy atom. The molecule has 1 saturated carbocycles. The smallest absolute Gasteiger partial charge is 0.333 e. The van der Waals surface area contributed by atoms with Crippen LogP contribution in [0.25, 0.3) is 0 Å². The zero-order valence-electron chi connectivity index (χ0n) is 11.1.